The molecule has 0 aliphatic heterocycles. The fourth-order valence-corrected chi connectivity index (χ4v) is 4.57. The van der Waals surface area contributed by atoms with Crippen molar-refractivity contribution in [3.8, 4) is 0 Å². The molecule has 1 aliphatic carbocycles. The average Bonchev–Trinajstić information content (AvgIpc) is 3.52. The standard InChI is InChI=1S/C24H20F7N5/c1-13-33-34-22-32-21(20-17(26)3-2-4-18(20)36(13)22)35(12-19(27)28)16-10-14(9-15(25)11-16)5-6-23(7-8-23)24(29,30)31/h2-4,9-11,19H,5-8,12H2,1H3. The minimum atomic E-state index is -4.36. The van der Waals surface area contributed by atoms with Gasteiger partial charge in [-0.25, -0.2) is 17.6 Å². The van der Waals surface area contributed by atoms with Crippen LogP contribution in [0, 0.1) is 24.0 Å². The Morgan fingerprint density at radius 2 is 1.83 bits per heavy atom. The number of halogens is 7. The van der Waals surface area contributed by atoms with Crippen LogP contribution in [0.4, 0.5) is 42.2 Å². The first-order valence-electron chi connectivity index (χ1n) is 11.2. The molecule has 12 heteroatoms. The SMILES string of the molecule is Cc1nnc2nc(N(CC(F)F)c3cc(F)cc(CCC4(C(F)(F)F)CC4)c3)c3c(F)cccc3n12. The first-order chi connectivity index (χ1) is 17.0. The van der Waals surface area contributed by atoms with Crippen LogP contribution in [0.15, 0.2) is 36.4 Å². The Kier molecular flexibility index (Phi) is 5.79. The van der Waals surface area contributed by atoms with Crippen LogP contribution in [0.2, 0.25) is 0 Å². The first kappa shape index (κ1) is 24.3. The van der Waals surface area contributed by atoms with Crippen molar-refractivity contribution in [1.82, 2.24) is 19.6 Å². The zero-order chi connectivity index (χ0) is 25.8. The zero-order valence-corrected chi connectivity index (χ0v) is 19.0. The van der Waals surface area contributed by atoms with Crippen LogP contribution in [0.5, 0.6) is 0 Å². The van der Waals surface area contributed by atoms with Crippen LogP contribution in [0.3, 0.4) is 0 Å². The minimum absolute atomic E-state index is 0.00312. The second kappa shape index (κ2) is 8.59. The number of fused-ring (bicyclic) bond motifs is 3. The largest absolute Gasteiger partial charge is 0.394 e. The summed E-state index contributed by atoms with van der Waals surface area (Å²) in [7, 11) is 0. The number of aryl methyl sites for hydroxylation is 2. The number of rotatable bonds is 7. The maximum atomic E-state index is 15.1. The lowest BCUT2D eigenvalue weighted by atomic mass is 9.96. The molecule has 1 fully saturated rings. The molecule has 0 N–H and O–H groups in total. The highest BCUT2D eigenvalue weighted by molar-refractivity contribution is 5.94. The number of anilines is 2. The van der Waals surface area contributed by atoms with Crippen molar-refractivity contribution < 1.29 is 30.7 Å². The molecule has 2 aromatic carbocycles. The van der Waals surface area contributed by atoms with Crippen LogP contribution in [0.25, 0.3) is 16.7 Å². The molecule has 0 spiro atoms. The van der Waals surface area contributed by atoms with E-state index in [9.17, 15) is 26.3 Å². The summed E-state index contributed by atoms with van der Waals surface area (Å²) in [6.45, 7) is 0.657. The number of benzene rings is 2. The summed E-state index contributed by atoms with van der Waals surface area (Å²) in [5.41, 5.74) is -1.39. The maximum absolute atomic E-state index is 15.1. The number of hydrogen-bond donors (Lipinski definition) is 0. The van der Waals surface area contributed by atoms with Crippen molar-refractivity contribution in [1.29, 1.82) is 0 Å². The Labute approximate surface area is 200 Å². The summed E-state index contributed by atoms with van der Waals surface area (Å²) in [6, 6.07) is 7.52. The van der Waals surface area contributed by atoms with Crippen molar-refractivity contribution >= 4 is 28.2 Å². The van der Waals surface area contributed by atoms with Crippen molar-refractivity contribution in [2.45, 2.75) is 45.2 Å². The summed E-state index contributed by atoms with van der Waals surface area (Å²) in [5.74, 6) is -1.37. The second-order valence-corrected chi connectivity index (χ2v) is 9.05. The van der Waals surface area contributed by atoms with Crippen molar-refractivity contribution in [3.05, 3.63) is 59.4 Å². The predicted molar refractivity (Wildman–Crippen MR) is 118 cm³/mol. The van der Waals surface area contributed by atoms with Crippen LogP contribution >= 0.6 is 0 Å². The van der Waals surface area contributed by atoms with Gasteiger partial charge in [0.25, 0.3) is 12.2 Å². The van der Waals surface area contributed by atoms with Crippen LogP contribution < -0.4 is 4.90 Å². The number of nitrogens with zero attached hydrogens (tertiary/aromatic N) is 5. The van der Waals surface area contributed by atoms with Crippen LogP contribution in [-0.2, 0) is 6.42 Å². The summed E-state index contributed by atoms with van der Waals surface area (Å²) in [6.07, 6.45) is -7.62. The third-order valence-electron chi connectivity index (χ3n) is 6.65. The highest BCUT2D eigenvalue weighted by Crippen LogP contribution is 2.60. The van der Waals surface area contributed by atoms with Gasteiger partial charge in [0.1, 0.15) is 23.3 Å². The van der Waals surface area contributed by atoms with Gasteiger partial charge in [-0.1, -0.05) is 6.07 Å². The minimum Gasteiger partial charge on any atom is -0.320 e. The van der Waals surface area contributed by atoms with Gasteiger partial charge in [0, 0.05) is 5.69 Å². The van der Waals surface area contributed by atoms with Gasteiger partial charge in [0.2, 0.25) is 0 Å². The zero-order valence-electron chi connectivity index (χ0n) is 19.0. The van der Waals surface area contributed by atoms with Crippen LogP contribution in [-0.4, -0.2) is 38.7 Å². The molecular formula is C24H20F7N5. The summed E-state index contributed by atoms with van der Waals surface area (Å²) in [4.78, 5) is 5.23. The quantitative estimate of drug-likeness (QED) is 0.264. The summed E-state index contributed by atoms with van der Waals surface area (Å²) < 4.78 is 98.6. The second-order valence-electron chi connectivity index (χ2n) is 9.05. The average molecular weight is 511 g/mol. The van der Waals surface area contributed by atoms with E-state index in [1.165, 1.54) is 16.5 Å². The van der Waals surface area contributed by atoms with E-state index < -0.39 is 36.2 Å². The fraction of sp³-hybridized carbons (Fsp3) is 0.375. The van der Waals surface area contributed by atoms with E-state index in [0.717, 1.165) is 23.1 Å². The molecule has 0 atom stereocenters. The highest BCUT2D eigenvalue weighted by Gasteiger charge is 2.62. The van der Waals surface area contributed by atoms with Gasteiger partial charge in [0.05, 0.1) is 22.9 Å². The molecule has 0 amide bonds. The molecule has 0 saturated heterocycles. The smallest absolute Gasteiger partial charge is 0.320 e. The van der Waals surface area contributed by atoms with Crippen LogP contribution in [0.1, 0.15) is 30.7 Å². The van der Waals surface area contributed by atoms with E-state index in [-0.39, 0.29) is 59.4 Å². The molecule has 5 nitrogen and oxygen atoms in total. The topological polar surface area (TPSA) is 46.3 Å². The van der Waals surface area contributed by atoms with Gasteiger partial charge in [-0.05, 0) is 68.5 Å². The first-order valence-corrected chi connectivity index (χ1v) is 11.2. The van der Waals surface area contributed by atoms with E-state index in [1.54, 1.807) is 13.0 Å². The van der Waals surface area contributed by atoms with E-state index in [1.807, 2.05) is 0 Å². The van der Waals surface area contributed by atoms with Crippen molar-refractivity contribution in [3.63, 3.8) is 0 Å². The van der Waals surface area contributed by atoms with E-state index in [2.05, 4.69) is 15.2 Å². The Balaban J connectivity index is 1.62. The number of hydrogen-bond acceptors (Lipinski definition) is 4. The van der Waals surface area contributed by atoms with Crippen molar-refractivity contribution in [2.24, 2.45) is 5.41 Å². The maximum Gasteiger partial charge on any atom is 0.394 e. The molecule has 2 heterocycles. The lowest BCUT2D eigenvalue weighted by Gasteiger charge is -2.26. The molecule has 36 heavy (non-hydrogen) atoms. The Morgan fingerprint density at radius 1 is 1.08 bits per heavy atom. The number of aromatic nitrogens is 4. The van der Waals surface area contributed by atoms with Gasteiger partial charge in [-0.15, -0.1) is 10.2 Å². The highest BCUT2D eigenvalue weighted by atomic mass is 19.4. The normalized spacial score (nSPS) is 15.2. The molecule has 5 rings (SSSR count). The Hall–Kier alpha value is -3.44. The van der Waals surface area contributed by atoms with E-state index in [4.69, 9.17) is 0 Å². The molecule has 0 bridgehead atoms. The molecular weight excluding hydrogens is 491 g/mol. The van der Waals surface area contributed by atoms with Gasteiger partial charge in [-0.2, -0.15) is 18.2 Å². The monoisotopic (exact) mass is 511 g/mol. The fourth-order valence-electron chi connectivity index (χ4n) is 4.57. The van der Waals surface area contributed by atoms with E-state index in [0.29, 0.717) is 5.82 Å². The van der Waals surface area contributed by atoms with Gasteiger partial charge >= 0.3 is 6.18 Å². The van der Waals surface area contributed by atoms with E-state index >= 15 is 4.39 Å². The molecule has 1 saturated carbocycles. The Morgan fingerprint density at radius 3 is 2.50 bits per heavy atom. The summed E-state index contributed by atoms with van der Waals surface area (Å²) >= 11 is 0. The molecule has 190 valence electrons. The molecule has 0 radical (unpaired) electrons. The number of alkyl halides is 5. The third kappa shape index (κ3) is 4.22. The molecule has 1 aliphatic rings. The predicted octanol–water partition coefficient (Wildman–Crippen LogP) is 6.54. The summed E-state index contributed by atoms with van der Waals surface area (Å²) in [5, 5.41) is 7.74. The van der Waals surface area contributed by atoms with Gasteiger partial charge in [0.15, 0.2) is 0 Å². The van der Waals surface area contributed by atoms with Gasteiger partial charge in [-0.3, -0.25) is 4.40 Å². The lowest BCUT2D eigenvalue weighted by molar-refractivity contribution is -0.188. The molecule has 2 aromatic heterocycles. The van der Waals surface area contributed by atoms with Crippen molar-refractivity contribution in [2.75, 3.05) is 11.4 Å². The molecule has 0 unspecified atom stereocenters. The molecule has 4 aromatic rings. The lowest BCUT2D eigenvalue weighted by Crippen LogP contribution is -2.26. The Bertz CT molecular complexity index is 1440. The van der Waals surface area contributed by atoms with Gasteiger partial charge < -0.3 is 4.90 Å². The third-order valence-corrected chi connectivity index (χ3v) is 6.65.